The maximum absolute atomic E-state index is 8.31. The Kier molecular flexibility index (Phi) is 4.10. The summed E-state index contributed by atoms with van der Waals surface area (Å²) < 4.78 is 0. The molecule has 0 amide bonds. The van der Waals surface area contributed by atoms with Gasteiger partial charge in [0.15, 0.2) is 0 Å². The van der Waals surface area contributed by atoms with Gasteiger partial charge in [-0.05, 0) is 31.7 Å². The molecule has 0 heterocycles. The molecule has 0 spiro atoms. The van der Waals surface area contributed by atoms with Crippen molar-refractivity contribution in [2.24, 2.45) is 5.92 Å². The molecular formula is C10H18N2. The zero-order chi connectivity index (χ0) is 8.81. The molecule has 2 atom stereocenters. The summed E-state index contributed by atoms with van der Waals surface area (Å²) in [5, 5.41) is 11.8. The van der Waals surface area contributed by atoms with Crippen molar-refractivity contribution in [2.45, 2.75) is 45.1 Å². The van der Waals surface area contributed by atoms with Gasteiger partial charge in [-0.25, -0.2) is 0 Å². The SMILES string of the molecule is CCCC1CC1NCCCC#N. The average Bonchev–Trinajstić information content (AvgIpc) is 2.79. The molecular weight excluding hydrogens is 148 g/mol. The third-order valence-electron chi connectivity index (χ3n) is 2.45. The predicted octanol–water partition coefficient (Wildman–Crippen LogP) is 2.07. The molecule has 0 radical (unpaired) electrons. The summed E-state index contributed by atoms with van der Waals surface area (Å²) in [6.45, 7) is 3.27. The molecule has 68 valence electrons. The van der Waals surface area contributed by atoms with Crippen molar-refractivity contribution in [2.75, 3.05) is 6.54 Å². The normalized spacial score (nSPS) is 26.7. The molecule has 1 aliphatic rings. The summed E-state index contributed by atoms with van der Waals surface area (Å²) in [4.78, 5) is 0. The lowest BCUT2D eigenvalue weighted by molar-refractivity contribution is 0.588. The van der Waals surface area contributed by atoms with Gasteiger partial charge >= 0.3 is 0 Å². The summed E-state index contributed by atoms with van der Waals surface area (Å²) in [5.74, 6) is 0.942. The molecule has 2 unspecified atom stereocenters. The van der Waals surface area contributed by atoms with E-state index in [1.807, 2.05) is 0 Å². The molecule has 1 N–H and O–H groups in total. The van der Waals surface area contributed by atoms with Crippen LogP contribution in [0.15, 0.2) is 0 Å². The van der Waals surface area contributed by atoms with Crippen LogP contribution in [-0.2, 0) is 0 Å². The van der Waals surface area contributed by atoms with Gasteiger partial charge in [0.05, 0.1) is 6.07 Å². The van der Waals surface area contributed by atoms with Crippen molar-refractivity contribution in [3.63, 3.8) is 0 Å². The minimum Gasteiger partial charge on any atom is -0.314 e. The third kappa shape index (κ3) is 3.23. The highest BCUT2D eigenvalue weighted by molar-refractivity contribution is 4.92. The third-order valence-corrected chi connectivity index (χ3v) is 2.45. The second-order valence-corrected chi connectivity index (χ2v) is 3.61. The first-order valence-corrected chi connectivity index (χ1v) is 4.98. The van der Waals surface area contributed by atoms with Gasteiger partial charge in [0, 0.05) is 12.5 Å². The molecule has 1 fully saturated rings. The van der Waals surface area contributed by atoms with Gasteiger partial charge in [-0.1, -0.05) is 13.3 Å². The van der Waals surface area contributed by atoms with Gasteiger partial charge in [-0.3, -0.25) is 0 Å². The average molecular weight is 166 g/mol. The maximum atomic E-state index is 8.31. The van der Waals surface area contributed by atoms with E-state index in [0.717, 1.165) is 24.9 Å². The van der Waals surface area contributed by atoms with E-state index >= 15 is 0 Å². The van der Waals surface area contributed by atoms with E-state index in [4.69, 9.17) is 5.26 Å². The number of nitrogens with zero attached hydrogens (tertiary/aromatic N) is 1. The van der Waals surface area contributed by atoms with E-state index in [1.54, 1.807) is 0 Å². The van der Waals surface area contributed by atoms with Gasteiger partial charge in [-0.15, -0.1) is 0 Å². The summed E-state index contributed by atoms with van der Waals surface area (Å²) in [6.07, 6.45) is 5.74. The zero-order valence-electron chi connectivity index (χ0n) is 7.84. The first kappa shape index (κ1) is 9.54. The highest BCUT2D eigenvalue weighted by Crippen LogP contribution is 2.34. The highest BCUT2D eigenvalue weighted by atomic mass is 15.0. The van der Waals surface area contributed by atoms with Crippen LogP contribution < -0.4 is 5.32 Å². The zero-order valence-corrected chi connectivity index (χ0v) is 7.84. The Labute approximate surface area is 75.0 Å². The number of rotatable bonds is 6. The molecule has 0 aromatic heterocycles. The van der Waals surface area contributed by atoms with Gasteiger partial charge < -0.3 is 5.32 Å². The fourth-order valence-corrected chi connectivity index (χ4v) is 1.64. The molecule has 2 nitrogen and oxygen atoms in total. The molecule has 1 saturated carbocycles. The van der Waals surface area contributed by atoms with E-state index in [0.29, 0.717) is 6.42 Å². The second kappa shape index (κ2) is 5.16. The molecule has 1 aliphatic carbocycles. The summed E-state index contributed by atoms with van der Waals surface area (Å²) in [6, 6.07) is 2.94. The van der Waals surface area contributed by atoms with Crippen LogP contribution in [0.5, 0.6) is 0 Å². The first-order chi connectivity index (χ1) is 5.88. The first-order valence-electron chi connectivity index (χ1n) is 4.98. The molecule has 0 saturated heterocycles. The van der Waals surface area contributed by atoms with E-state index in [1.165, 1.54) is 19.3 Å². The van der Waals surface area contributed by atoms with Crippen LogP contribution >= 0.6 is 0 Å². The van der Waals surface area contributed by atoms with Gasteiger partial charge in [-0.2, -0.15) is 5.26 Å². The molecule has 0 aliphatic heterocycles. The van der Waals surface area contributed by atoms with Crippen LogP contribution in [0.1, 0.15) is 39.0 Å². The van der Waals surface area contributed by atoms with Crippen LogP contribution in [0, 0.1) is 17.2 Å². The van der Waals surface area contributed by atoms with Gasteiger partial charge in [0.1, 0.15) is 0 Å². The Morgan fingerprint density at radius 3 is 3.08 bits per heavy atom. The second-order valence-electron chi connectivity index (χ2n) is 3.61. The van der Waals surface area contributed by atoms with Gasteiger partial charge in [0.2, 0.25) is 0 Å². The molecule has 0 aromatic carbocycles. The number of nitrogens with one attached hydrogen (secondary N) is 1. The Balaban J connectivity index is 1.87. The lowest BCUT2D eigenvalue weighted by atomic mass is 10.2. The van der Waals surface area contributed by atoms with Crippen molar-refractivity contribution in [3.8, 4) is 6.07 Å². The molecule has 2 heteroatoms. The molecule has 0 aromatic rings. The quantitative estimate of drug-likeness (QED) is 0.613. The number of nitriles is 1. The van der Waals surface area contributed by atoms with E-state index in [-0.39, 0.29) is 0 Å². The lowest BCUT2D eigenvalue weighted by Crippen LogP contribution is -2.19. The largest absolute Gasteiger partial charge is 0.314 e. The summed E-state index contributed by atoms with van der Waals surface area (Å²) in [5.41, 5.74) is 0. The molecule has 1 rings (SSSR count). The fourth-order valence-electron chi connectivity index (χ4n) is 1.64. The van der Waals surface area contributed by atoms with E-state index < -0.39 is 0 Å². The summed E-state index contributed by atoms with van der Waals surface area (Å²) in [7, 11) is 0. The van der Waals surface area contributed by atoms with Crippen LogP contribution in [0.3, 0.4) is 0 Å². The van der Waals surface area contributed by atoms with E-state index in [9.17, 15) is 0 Å². The minimum absolute atomic E-state index is 0.693. The highest BCUT2D eigenvalue weighted by Gasteiger charge is 2.34. The molecule has 12 heavy (non-hydrogen) atoms. The Hall–Kier alpha value is -0.550. The maximum Gasteiger partial charge on any atom is 0.0622 e. The minimum atomic E-state index is 0.693. The van der Waals surface area contributed by atoms with Gasteiger partial charge in [0.25, 0.3) is 0 Å². The number of hydrogen-bond acceptors (Lipinski definition) is 2. The topological polar surface area (TPSA) is 35.8 Å². The van der Waals surface area contributed by atoms with Crippen LogP contribution in [0.25, 0.3) is 0 Å². The number of hydrogen-bond donors (Lipinski definition) is 1. The van der Waals surface area contributed by atoms with Crippen molar-refractivity contribution in [1.82, 2.24) is 5.32 Å². The smallest absolute Gasteiger partial charge is 0.0622 e. The van der Waals surface area contributed by atoms with Crippen molar-refractivity contribution in [3.05, 3.63) is 0 Å². The molecule has 0 bridgehead atoms. The van der Waals surface area contributed by atoms with Crippen molar-refractivity contribution < 1.29 is 0 Å². The standard InChI is InChI=1S/C10H18N2/c1-2-5-9-8-10(9)12-7-4-3-6-11/h9-10,12H,2-5,7-8H2,1H3. The predicted molar refractivity (Wildman–Crippen MR) is 49.7 cm³/mol. The van der Waals surface area contributed by atoms with Crippen molar-refractivity contribution >= 4 is 0 Å². The van der Waals surface area contributed by atoms with Crippen LogP contribution in [0.2, 0.25) is 0 Å². The monoisotopic (exact) mass is 166 g/mol. The number of unbranched alkanes of at least 4 members (excludes halogenated alkanes) is 1. The summed E-state index contributed by atoms with van der Waals surface area (Å²) >= 11 is 0. The van der Waals surface area contributed by atoms with Crippen molar-refractivity contribution in [1.29, 1.82) is 5.26 Å². The Morgan fingerprint density at radius 2 is 2.42 bits per heavy atom. The lowest BCUT2D eigenvalue weighted by Gasteiger charge is -2.00. The Bertz CT molecular complexity index is 160. The van der Waals surface area contributed by atoms with E-state index in [2.05, 4.69) is 18.3 Å². The van der Waals surface area contributed by atoms with Crippen LogP contribution in [-0.4, -0.2) is 12.6 Å². The fraction of sp³-hybridized carbons (Fsp3) is 0.900. The van der Waals surface area contributed by atoms with Crippen LogP contribution in [0.4, 0.5) is 0 Å². The Morgan fingerprint density at radius 1 is 1.58 bits per heavy atom.